The number of benzene rings is 1. The molecule has 23 heavy (non-hydrogen) atoms. The van der Waals surface area contributed by atoms with E-state index in [1.807, 2.05) is 12.1 Å². The predicted octanol–water partition coefficient (Wildman–Crippen LogP) is 2.73. The van der Waals surface area contributed by atoms with Crippen molar-refractivity contribution < 1.29 is 9.59 Å². The van der Waals surface area contributed by atoms with E-state index in [0.29, 0.717) is 18.7 Å². The highest BCUT2D eigenvalue weighted by Gasteiger charge is 2.12. The second-order valence-electron chi connectivity index (χ2n) is 5.77. The number of rotatable bonds is 7. The largest absolute Gasteiger partial charge is 0.352 e. The summed E-state index contributed by atoms with van der Waals surface area (Å²) in [5.41, 5.74) is 1.61. The van der Waals surface area contributed by atoms with E-state index >= 15 is 0 Å². The lowest BCUT2D eigenvalue weighted by Crippen LogP contribution is -2.40. The van der Waals surface area contributed by atoms with Crippen LogP contribution in [-0.4, -0.2) is 24.5 Å². The topological polar surface area (TPSA) is 70.2 Å². The minimum Gasteiger partial charge on any atom is -0.352 e. The Labute approximate surface area is 137 Å². The van der Waals surface area contributed by atoms with Gasteiger partial charge in [0.1, 0.15) is 0 Å². The summed E-state index contributed by atoms with van der Waals surface area (Å²) in [5, 5.41) is 8.65. The first-order valence-corrected chi connectivity index (χ1v) is 8.25. The molecule has 1 aliphatic carbocycles. The van der Waals surface area contributed by atoms with Gasteiger partial charge in [0.15, 0.2) is 0 Å². The lowest BCUT2D eigenvalue weighted by Gasteiger charge is -2.13. The first-order chi connectivity index (χ1) is 11.2. The first kappa shape index (κ1) is 17.1. The lowest BCUT2D eigenvalue weighted by molar-refractivity contribution is 0.0953. The third-order valence-electron chi connectivity index (χ3n) is 3.83. The maximum absolute atomic E-state index is 11.9. The Hall–Kier alpha value is -2.30. The molecule has 0 aliphatic heterocycles. The second-order valence-corrected chi connectivity index (χ2v) is 5.77. The van der Waals surface area contributed by atoms with Crippen molar-refractivity contribution in [3.05, 3.63) is 47.5 Å². The average Bonchev–Trinajstić information content (AvgIpc) is 3.06. The van der Waals surface area contributed by atoms with Gasteiger partial charge < -0.3 is 16.0 Å². The summed E-state index contributed by atoms with van der Waals surface area (Å²) < 4.78 is 0. The van der Waals surface area contributed by atoms with E-state index in [9.17, 15) is 9.59 Å². The molecule has 5 heteroatoms. The van der Waals surface area contributed by atoms with Gasteiger partial charge in [0.25, 0.3) is 5.91 Å². The van der Waals surface area contributed by atoms with Gasteiger partial charge in [-0.05, 0) is 37.0 Å². The van der Waals surface area contributed by atoms with Crippen LogP contribution in [0.3, 0.4) is 0 Å². The molecular formula is C18H25N3O2. The highest BCUT2D eigenvalue weighted by atomic mass is 16.2. The average molecular weight is 315 g/mol. The Kier molecular flexibility index (Phi) is 6.66. The van der Waals surface area contributed by atoms with Gasteiger partial charge in [-0.3, -0.25) is 4.79 Å². The minimum atomic E-state index is -0.153. The monoisotopic (exact) mass is 315 g/mol. The number of carbonyl (C=O) groups is 2. The molecule has 5 nitrogen and oxygen atoms in total. The van der Waals surface area contributed by atoms with Crippen LogP contribution in [0.4, 0.5) is 4.79 Å². The molecular weight excluding hydrogens is 290 g/mol. The molecule has 1 aromatic rings. The van der Waals surface area contributed by atoms with Crippen molar-refractivity contribution in [3.8, 4) is 0 Å². The maximum Gasteiger partial charge on any atom is 0.315 e. The van der Waals surface area contributed by atoms with E-state index in [-0.39, 0.29) is 18.0 Å². The number of hydrogen-bond acceptors (Lipinski definition) is 2. The molecule has 0 unspecified atom stereocenters. The van der Waals surface area contributed by atoms with Crippen LogP contribution in [-0.2, 0) is 6.54 Å². The Balaban J connectivity index is 1.73. The molecule has 2 rings (SSSR count). The van der Waals surface area contributed by atoms with Gasteiger partial charge in [0.2, 0.25) is 0 Å². The fraction of sp³-hybridized carbons (Fsp3) is 0.444. The van der Waals surface area contributed by atoms with Crippen LogP contribution in [0.1, 0.15) is 48.5 Å². The Morgan fingerprint density at radius 1 is 1.09 bits per heavy atom. The van der Waals surface area contributed by atoms with Crippen molar-refractivity contribution in [3.63, 3.8) is 0 Å². The Morgan fingerprint density at radius 2 is 1.78 bits per heavy atom. The molecule has 1 aromatic carbocycles. The number of nitrogens with one attached hydrogen (secondary N) is 3. The van der Waals surface area contributed by atoms with Gasteiger partial charge >= 0.3 is 6.03 Å². The van der Waals surface area contributed by atoms with E-state index in [1.165, 1.54) is 0 Å². The standard InChI is InChI=1S/C18H25N3O2/c1-2-3-12-19-17(22)15-10-8-14(9-11-15)13-20-18(23)21-16-6-4-5-7-16/h4-5,8-11,16H,2-3,6-7,12-13H2,1H3,(H,19,22)(H2,20,21,23). The highest BCUT2D eigenvalue weighted by Crippen LogP contribution is 2.09. The van der Waals surface area contributed by atoms with Crippen molar-refractivity contribution in [1.82, 2.24) is 16.0 Å². The SMILES string of the molecule is CCCCNC(=O)c1ccc(CNC(=O)NC2CC=CC2)cc1. The molecule has 0 bridgehead atoms. The maximum atomic E-state index is 11.9. The fourth-order valence-corrected chi connectivity index (χ4v) is 2.41. The van der Waals surface area contributed by atoms with Crippen LogP contribution in [0, 0.1) is 0 Å². The highest BCUT2D eigenvalue weighted by molar-refractivity contribution is 5.94. The minimum absolute atomic E-state index is 0.0514. The van der Waals surface area contributed by atoms with Crippen molar-refractivity contribution in [2.45, 2.75) is 45.2 Å². The summed E-state index contributed by atoms with van der Waals surface area (Å²) in [5.74, 6) is -0.0514. The molecule has 0 spiro atoms. The van der Waals surface area contributed by atoms with Crippen LogP contribution >= 0.6 is 0 Å². The van der Waals surface area contributed by atoms with Gasteiger partial charge in [-0.2, -0.15) is 0 Å². The lowest BCUT2D eigenvalue weighted by atomic mass is 10.1. The van der Waals surface area contributed by atoms with Crippen LogP contribution in [0.2, 0.25) is 0 Å². The fourth-order valence-electron chi connectivity index (χ4n) is 2.41. The third kappa shape index (κ3) is 5.77. The van der Waals surface area contributed by atoms with Crippen molar-refractivity contribution in [1.29, 1.82) is 0 Å². The number of urea groups is 1. The summed E-state index contributed by atoms with van der Waals surface area (Å²) in [6, 6.07) is 7.37. The molecule has 0 saturated carbocycles. The second kappa shape index (κ2) is 8.98. The van der Waals surface area contributed by atoms with Gasteiger partial charge in [0, 0.05) is 24.7 Å². The number of carbonyl (C=O) groups excluding carboxylic acids is 2. The summed E-state index contributed by atoms with van der Waals surface area (Å²) in [4.78, 5) is 23.7. The first-order valence-electron chi connectivity index (χ1n) is 8.25. The molecule has 3 N–H and O–H groups in total. The van der Waals surface area contributed by atoms with Gasteiger partial charge in [-0.1, -0.05) is 37.6 Å². The summed E-state index contributed by atoms with van der Waals surface area (Å²) in [6.07, 6.45) is 8.00. The molecule has 3 amide bonds. The van der Waals surface area contributed by atoms with Crippen molar-refractivity contribution in [2.75, 3.05) is 6.54 Å². The van der Waals surface area contributed by atoms with Crippen LogP contribution in [0.5, 0.6) is 0 Å². The zero-order valence-electron chi connectivity index (χ0n) is 13.6. The Bertz CT molecular complexity index is 544. The molecule has 0 fully saturated rings. The normalized spacial score (nSPS) is 13.8. The predicted molar refractivity (Wildman–Crippen MR) is 91.2 cm³/mol. The van der Waals surface area contributed by atoms with Gasteiger partial charge in [-0.15, -0.1) is 0 Å². The van der Waals surface area contributed by atoms with E-state index in [2.05, 4.69) is 35.0 Å². The van der Waals surface area contributed by atoms with Gasteiger partial charge in [0.05, 0.1) is 0 Å². The smallest absolute Gasteiger partial charge is 0.315 e. The molecule has 0 saturated heterocycles. The quantitative estimate of drug-likeness (QED) is 0.535. The summed E-state index contributed by atoms with van der Waals surface area (Å²) >= 11 is 0. The zero-order chi connectivity index (χ0) is 16.5. The number of hydrogen-bond donors (Lipinski definition) is 3. The van der Waals surface area contributed by atoms with Crippen LogP contribution in [0.25, 0.3) is 0 Å². The van der Waals surface area contributed by atoms with Crippen molar-refractivity contribution in [2.24, 2.45) is 0 Å². The van der Waals surface area contributed by atoms with Gasteiger partial charge in [-0.25, -0.2) is 4.79 Å². The third-order valence-corrected chi connectivity index (χ3v) is 3.83. The molecule has 124 valence electrons. The molecule has 0 atom stereocenters. The van der Waals surface area contributed by atoms with E-state index in [0.717, 1.165) is 31.2 Å². The number of amides is 3. The molecule has 0 aromatic heterocycles. The van der Waals surface area contributed by atoms with E-state index in [1.54, 1.807) is 12.1 Å². The molecule has 1 aliphatic rings. The summed E-state index contributed by atoms with van der Waals surface area (Å²) in [7, 11) is 0. The van der Waals surface area contributed by atoms with E-state index < -0.39 is 0 Å². The van der Waals surface area contributed by atoms with Crippen LogP contribution in [0.15, 0.2) is 36.4 Å². The Morgan fingerprint density at radius 3 is 2.43 bits per heavy atom. The van der Waals surface area contributed by atoms with E-state index in [4.69, 9.17) is 0 Å². The zero-order valence-corrected chi connectivity index (χ0v) is 13.6. The molecule has 0 radical (unpaired) electrons. The number of unbranched alkanes of at least 4 members (excludes halogenated alkanes) is 1. The molecule has 0 heterocycles. The summed E-state index contributed by atoms with van der Waals surface area (Å²) in [6.45, 7) is 3.24. The van der Waals surface area contributed by atoms with Crippen molar-refractivity contribution >= 4 is 11.9 Å². The van der Waals surface area contributed by atoms with Crippen LogP contribution < -0.4 is 16.0 Å².